The third-order valence-electron chi connectivity index (χ3n) is 0.842. The van der Waals surface area contributed by atoms with Crippen LogP contribution >= 0.6 is 0 Å². The van der Waals surface area contributed by atoms with Gasteiger partial charge in [-0.1, -0.05) is 13.8 Å². The summed E-state index contributed by atoms with van der Waals surface area (Å²) in [6, 6.07) is 0. The van der Waals surface area contributed by atoms with E-state index >= 15 is 0 Å². The molecule has 0 aliphatic rings. The highest BCUT2D eigenvalue weighted by atomic mass is 19.4. The van der Waals surface area contributed by atoms with Gasteiger partial charge in [0.2, 0.25) is 0 Å². The Morgan fingerprint density at radius 3 is 1.55 bits per heavy atom. The molecule has 0 saturated carbocycles. The Labute approximate surface area is 66.2 Å². The van der Waals surface area contributed by atoms with E-state index in [1.54, 1.807) is 14.1 Å². The first kappa shape index (κ1) is 13.3. The monoisotopic (exact) mass is 171 g/mol. The summed E-state index contributed by atoms with van der Waals surface area (Å²) < 4.78 is 34.2. The fraction of sp³-hybridized carbons (Fsp3) is 1.00. The molecule has 0 saturated heterocycles. The summed E-state index contributed by atoms with van der Waals surface area (Å²) in [6.45, 7) is 4.07. The molecule has 0 radical (unpaired) electrons. The van der Waals surface area contributed by atoms with Crippen LogP contribution in [-0.2, 0) is 0 Å². The third-order valence-corrected chi connectivity index (χ3v) is 0.842. The van der Waals surface area contributed by atoms with Crippen molar-refractivity contribution in [2.75, 3.05) is 20.6 Å². The van der Waals surface area contributed by atoms with Crippen LogP contribution in [0.5, 0.6) is 0 Å². The molecule has 0 spiro atoms. The largest absolute Gasteiger partial charge is 0.390 e. The first-order valence-electron chi connectivity index (χ1n) is 3.63. The van der Waals surface area contributed by atoms with Crippen LogP contribution in [0.2, 0.25) is 0 Å². The maximum Gasteiger partial charge on any atom is 0.390 e. The summed E-state index contributed by atoms with van der Waals surface area (Å²) in [7, 11) is 3.23. The summed E-state index contributed by atoms with van der Waals surface area (Å²) in [5.74, 6) is 0. The minimum absolute atomic E-state index is 0.0729. The van der Waals surface area contributed by atoms with Crippen LogP contribution in [0.4, 0.5) is 13.2 Å². The lowest BCUT2D eigenvalue weighted by molar-refractivity contribution is -0.136. The smallest absolute Gasteiger partial charge is 0.309 e. The number of hydrogen-bond acceptors (Lipinski definition) is 1. The fourth-order valence-corrected chi connectivity index (χ4v) is 0.350. The van der Waals surface area contributed by atoms with Crippen molar-refractivity contribution in [3.05, 3.63) is 0 Å². The minimum atomic E-state index is -4.01. The van der Waals surface area contributed by atoms with E-state index in [2.05, 4.69) is 0 Å². The Bertz CT molecular complexity index is 78.2. The molecule has 0 bridgehead atoms. The van der Waals surface area contributed by atoms with Crippen molar-refractivity contribution in [3.63, 3.8) is 0 Å². The summed E-state index contributed by atoms with van der Waals surface area (Å²) in [6.07, 6.45) is -4.73. The average molecular weight is 171 g/mol. The van der Waals surface area contributed by atoms with E-state index in [0.29, 0.717) is 0 Å². The quantitative estimate of drug-likeness (QED) is 0.617. The van der Waals surface area contributed by atoms with Gasteiger partial charge >= 0.3 is 6.18 Å². The van der Waals surface area contributed by atoms with Crippen LogP contribution in [-0.4, -0.2) is 31.7 Å². The van der Waals surface area contributed by atoms with Crippen molar-refractivity contribution in [3.8, 4) is 0 Å². The number of rotatable bonds is 2. The summed E-state index contributed by atoms with van der Waals surface area (Å²) in [5, 5.41) is 0. The molecule has 0 amide bonds. The molecule has 0 aromatic heterocycles. The van der Waals surface area contributed by atoms with E-state index in [4.69, 9.17) is 0 Å². The second-order valence-electron chi connectivity index (χ2n) is 2.17. The van der Waals surface area contributed by atoms with Gasteiger partial charge in [-0.05, 0) is 14.1 Å². The number of nitrogens with zero attached hydrogens (tertiary/aromatic N) is 1. The predicted octanol–water partition coefficient (Wildman–Crippen LogP) is 2.53. The molecule has 1 nitrogen and oxygen atoms in total. The molecule has 0 aliphatic carbocycles. The lowest BCUT2D eigenvalue weighted by Crippen LogP contribution is -2.20. The van der Waals surface area contributed by atoms with Gasteiger partial charge in [-0.15, -0.1) is 0 Å². The van der Waals surface area contributed by atoms with Crippen molar-refractivity contribution in [2.24, 2.45) is 0 Å². The maximum absolute atomic E-state index is 11.4. The van der Waals surface area contributed by atoms with Crippen LogP contribution in [0.15, 0.2) is 0 Å². The maximum atomic E-state index is 11.4. The van der Waals surface area contributed by atoms with Crippen LogP contribution in [0.25, 0.3) is 0 Å². The van der Waals surface area contributed by atoms with Gasteiger partial charge in [-0.3, -0.25) is 0 Å². The van der Waals surface area contributed by atoms with E-state index in [9.17, 15) is 13.2 Å². The van der Waals surface area contributed by atoms with Crippen molar-refractivity contribution in [2.45, 2.75) is 26.4 Å². The summed E-state index contributed by atoms with van der Waals surface area (Å²) in [5.41, 5.74) is 0. The topological polar surface area (TPSA) is 3.24 Å². The predicted molar refractivity (Wildman–Crippen MR) is 40.6 cm³/mol. The van der Waals surface area contributed by atoms with Crippen molar-refractivity contribution in [1.29, 1.82) is 0 Å². The summed E-state index contributed by atoms with van der Waals surface area (Å²) in [4.78, 5) is 1.51. The Balaban J connectivity index is 0. The molecule has 0 aromatic rings. The molecule has 0 rings (SSSR count). The van der Waals surface area contributed by atoms with Gasteiger partial charge in [0.1, 0.15) is 0 Å². The van der Waals surface area contributed by atoms with Gasteiger partial charge in [0, 0.05) is 6.54 Å². The summed E-state index contributed by atoms with van der Waals surface area (Å²) >= 11 is 0. The molecular formula is C7H16F3N. The Hall–Kier alpha value is -0.250. The SMILES string of the molecule is CC.CN(C)CCC(F)(F)F. The second kappa shape index (κ2) is 6.46. The minimum Gasteiger partial charge on any atom is -0.309 e. The molecule has 0 heterocycles. The lowest BCUT2D eigenvalue weighted by Gasteiger charge is -2.10. The molecule has 0 N–H and O–H groups in total. The molecule has 0 aliphatic heterocycles. The normalized spacial score (nSPS) is 10.9. The molecule has 0 atom stereocenters. The van der Waals surface area contributed by atoms with E-state index in [1.807, 2.05) is 13.8 Å². The van der Waals surface area contributed by atoms with Gasteiger partial charge in [-0.2, -0.15) is 13.2 Å². The highest BCUT2D eigenvalue weighted by molar-refractivity contribution is 4.52. The van der Waals surface area contributed by atoms with Crippen LogP contribution in [0.3, 0.4) is 0 Å². The van der Waals surface area contributed by atoms with Gasteiger partial charge in [0.15, 0.2) is 0 Å². The van der Waals surface area contributed by atoms with E-state index in [1.165, 1.54) is 4.90 Å². The molecule has 0 fully saturated rings. The fourth-order valence-electron chi connectivity index (χ4n) is 0.350. The number of halogens is 3. The first-order chi connectivity index (χ1) is 4.92. The molecule has 4 heteroatoms. The average Bonchev–Trinajstić information content (AvgIpc) is 1.87. The molecule has 11 heavy (non-hydrogen) atoms. The molecule has 0 aromatic carbocycles. The van der Waals surface area contributed by atoms with E-state index in [-0.39, 0.29) is 6.54 Å². The van der Waals surface area contributed by atoms with Gasteiger partial charge < -0.3 is 4.90 Å². The standard InChI is InChI=1S/C5H10F3N.C2H6/c1-9(2)4-3-5(6,7)8;1-2/h3-4H2,1-2H3;1-2H3. The number of alkyl halides is 3. The zero-order chi connectivity index (χ0) is 9.49. The van der Waals surface area contributed by atoms with E-state index < -0.39 is 12.6 Å². The zero-order valence-corrected chi connectivity index (χ0v) is 7.50. The van der Waals surface area contributed by atoms with Crippen LogP contribution in [0, 0.1) is 0 Å². The Kier molecular flexibility index (Phi) is 7.84. The van der Waals surface area contributed by atoms with Crippen molar-refractivity contribution < 1.29 is 13.2 Å². The first-order valence-corrected chi connectivity index (χ1v) is 3.63. The zero-order valence-electron chi connectivity index (χ0n) is 7.50. The van der Waals surface area contributed by atoms with Gasteiger partial charge in [-0.25, -0.2) is 0 Å². The molecular weight excluding hydrogens is 155 g/mol. The van der Waals surface area contributed by atoms with Crippen molar-refractivity contribution in [1.82, 2.24) is 4.90 Å². The van der Waals surface area contributed by atoms with Gasteiger partial charge in [0.05, 0.1) is 6.42 Å². The lowest BCUT2D eigenvalue weighted by atomic mass is 10.4. The number of hydrogen-bond donors (Lipinski definition) is 0. The van der Waals surface area contributed by atoms with Crippen LogP contribution in [0.1, 0.15) is 20.3 Å². The second-order valence-corrected chi connectivity index (χ2v) is 2.17. The molecule has 0 unspecified atom stereocenters. The highest BCUT2D eigenvalue weighted by Gasteiger charge is 2.26. The third kappa shape index (κ3) is 17.7. The van der Waals surface area contributed by atoms with Gasteiger partial charge in [0.25, 0.3) is 0 Å². The molecule has 70 valence electrons. The Morgan fingerprint density at radius 1 is 1.09 bits per heavy atom. The Morgan fingerprint density at radius 2 is 1.45 bits per heavy atom. The van der Waals surface area contributed by atoms with Crippen LogP contribution < -0.4 is 0 Å². The highest BCUT2D eigenvalue weighted by Crippen LogP contribution is 2.18. The van der Waals surface area contributed by atoms with Crippen molar-refractivity contribution >= 4 is 0 Å². The van der Waals surface area contributed by atoms with E-state index in [0.717, 1.165) is 0 Å².